The summed E-state index contributed by atoms with van der Waals surface area (Å²) < 4.78 is 0. The van der Waals surface area contributed by atoms with Gasteiger partial charge < -0.3 is 5.32 Å². The zero-order valence-electron chi connectivity index (χ0n) is 11.2. The van der Waals surface area contributed by atoms with E-state index in [4.69, 9.17) is 0 Å². The van der Waals surface area contributed by atoms with E-state index < -0.39 is 0 Å². The summed E-state index contributed by atoms with van der Waals surface area (Å²) in [4.78, 5) is 7.14. The van der Waals surface area contributed by atoms with Crippen LogP contribution in [0.1, 0.15) is 33.8 Å². The molecule has 0 aliphatic heterocycles. The zero-order valence-corrected chi connectivity index (χ0v) is 12.1. The van der Waals surface area contributed by atoms with E-state index in [1.807, 2.05) is 30.8 Å². The Bertz CT molecular complexity index is 505. The second kappa shape index (κ2) is 6.12. The molecule has 18 heavy (non-hydrogen) atoms. The van der Waals surface area contributed by atoms with Gasteiger partial charge in [-0.2, -0.15) is 0 Å². The van der Waals surface area contributed by atoms with Crippen molar-refractivity contribution in [3.63, 3.8) is 0 Å². The lowest BCUT2D eigenvalue weighted by atomic mass is 10.0. The summed E-state index contributed by atoms with van der Waals surface area (Å²) >= 11 is 1.92. The SMILES string of the molecule is CCc1ccc(CC(NC)c2cnccc2C)s1. The standard InChI is InChI=1S/C15H20N2S/c1-4-12-5-6-13(18-12)9-15(16-3)14-10-17-8-7-11(14)2/h5-8,10,15-16H,4,9H2,1-3H3. The topological polar surface area (TPSA) is 24.9 Å². The van der Waals surface area contributed by atoms with Gasteiger partial charge in [-0.3, -0.25) is 4.98 Å². The fourth-order valence-electron chi connectivity index (χ4n) is 2.13. The second-order valence-electron chi connectivity index (χ2n) is 4.50. The van der Waals surface area contributed by atoms with Crippen molar-refractivity contribution in [1.29, 1.82) is 0 Å². The lowest BCUT2D eigenvalue weighted by molar-refractivity contribution is 0.591. The van der Waals surface area contributed by atoms with E-state index in [1.165, 1.54) is 20.9 Å². The van der Waals surface area contributed by atoms with Gasteiger partial charge >= 0.3 is 0 Å². The third-order valence-electron chi connectivity index (χ3n) is 3.27. The van der Waals surface area contributed by atoms with Crippen LogP contribution in [0.3, 0.4) is 0 Å². The summed E-state index contributed by atoms with van der Waals surface area (Å²) in [5.41, 5.74) is 2.60. The molecular weight excluding hydrogens is 240 g/mol. The lowest BCUT2D eigenvalue weighted by Gasteiger charge is -2.17. The number of hydrogen-bond donors (Lipinski definition) is 1. The van der Waals surface area contributed by atoms with E-state index in [2.05, 4.69) is 42.3 Å². The van der Waals surface area contributed by atoms with E-state index in [0.29, 0.717) is 6.04 Å². The molecule has 1 atom stereocenters. The molecule has 1 unspecified atom stereocenters. The highest BCUT2D eigenvalue weighted by Crippen LogP contribution is 2.25. The monoisotopic (exact) mass is 260 g/mol. The van der Waals surface area contributed by atoms with Crippen molar-refractivity contribution in [3.8, 4) is 0 Å². The number of nitrogens with zero attached hydrogens (tertiary/aromatic N) is 1. The van der Waals surface area contributed by atoms with Crippen LogP contribution in [-0.2, 0) is 12.8 Å². The molecule has 2 aromatic rings. The first-order valence-corrected chi connectivity index (χ1v) is 7.21. The van der Waals surface area contributed by atoms with Crippen LogP contribution in [0.2, 0.25) is 0 Å². The average Bonchev–Trinajstić information content (AvgIpc) is 2.85. The first kappa shape index (κ1) is 13.2. The quantitative estimate of drug-likeness (QED) is 0.889. The molecule has 0 bridgehead atoms. The molecule has 0 radical (unpaired) electrons. The molecule has 96 valence electrons. The lowest BCUT2D eigenvalue weighted by Crippen LogP contribution is -2.19. The van der Waals surface area contributed by atoms with Gasteiger partial charge in [-0.05, 0) is 49.7 Å². The van der Waals surface area contributed by atoms with Gasteiger partial charge in [-0.15, -0.1) is 11.3 Å². The molecule has 0 saturated carbocycles. The van der Waals surface area contributed by atoms with Gasteiger partial charge in [0.1, 0.15) is 0 Å². The van der Waals surface area contributed by atoms with Crippen LogP contribution >= 0.6 is 11.3 Å². The zero-order chi connectivity index (χ0) is 13.0. The maximum absolute atomic E-state index is 4.24. The number of pyridine rings is 1. The van der Waals surface area contributed by atoms with Crippen LogP contribution in [0.25, 0.3) is 0 Å². The van der Waals surface area contributed by atoms with E-state index >= 15 is 0 Å². The van der Waals surface area contributed by atoms with Crippen LogP contribution < -0.4 is 5.32 Å². The minimum absolute atomic E-state index is 0.349. The van der Waals surface area contributed by atoms with Crippen molar-refractivity contribution < 1.29 is 0 Å². The van der Waals surface area contributed by atoms with Crippen molar-refractivity contribution in [2.45, 2.75) is 32.7 Å². The molecule has 2 nitrogen and oxygen atoms in total. The summed E-state index contributed by atoms with van der Waals surface area (Å²) in [5.74, 6) is 0. The molecule has 3 heteroatoms. The Morgan fingerprint density at radius 1 is 1.28 bits per heavy atom. The van der Waals surface area contributed by atoms with Crippen molar-refractivity contribution >= 4 is 11.3 Å². The molecule has 2 rings (SSSR count). The van der Waals surface area contributed by atoms with Crippen LogP contribution in [-0.4, -0.2) is 12.0 Å². The highest BCUT2D eigenvalue weighted by Gasteiger charge is 2.13. The van der Waals surface area contributed by atoms with E-state index in [0.717, 1.165) is 12.8 Å². The largest absolute Gasteiger partial charge is 0.313 e. The molecule has 0 fully saturated rings. The number of hydrogen-bond acceptors (Lipinski definition) is 3. The number of aromatic nitrogens is 1. The average molecular weight is 260 g/mol. The van der Waals surface area contributed by atoms with Gasteiger partial charge in [0.2, 0.25) is 0 Å². The van der Waals surface area contributed by atoms with Gasteiger partial charge in [0.15, 0.2) is 0 Å². The molecule has 0 amide bonds. The van der Waals surface area contributed by atoms with Crippen molar-refractivity contribution in [1.82, 2.24) is 10.3 Å². The molecule has 2 heterocycles. The summed E-state index contributed by atoms with van der Waals surface area (Å²) in [6.07, 6.45) is 5.99. The van der Waals surface area contributed by atoms with Crippen molar-refractivity contribution in [2.24, 2.45) is 0 Å². The normalized spacial score (nSPS) is 12.6. The van der Waals surface area contributed by atoms with Crippen LogP contribution in [0, 0.1) is 6.92 Å². The molecule has 0 aromatic carbocycles. The number of nitrogens with one attached hydrogen (secondary N) is 1. The Labute approximate surface area is 113 Å². The predicted molar refractivity (Wildman–Crippen MR) is 78.2 cm³/mol. The Kier molecular flexibility index (Phi) is 4.50. The van der Waals surface area contributed by atoms with Gasteiger partial charge in [-0.1, -0.05) is 6.92 Å². The molecule has 0 aliphatic rings. The van der Waals surface area contributed by atoms with Crippen LogP contribution in [0.5, 0.6) is 0 Å². The Morgan fingerprint density at radius 3 is 2.67 bits per heavy atom. The number of thiophene rings is 1. The van der Waals surface area contributed by atoms with Gasteiger partial charge in [0.05, 0.1) is 0 Å². The third-order valence-corrected chi connectivity index (χ3v) is 4.53. The number of likely N-dealkylation sites (N-methyl/N-ethyl adjacent to an activating group) is 1. The van der Waals surface area contributed by atoms with Crippen molar-refractivity contribution in [2.75, 3.05) is 7.05 Å². The first-order valence-electron chi connectivity index (χ1n) is 6.40. The van der Waals surface area contributed by atoms with Crippen molar-refractivity contribution in [3.05, 3.63) is 51.5 Å². The van der Waals surface area contributed by atoms with E-state index in [-0.39, 0.29) is 0 Å². The number of aryl methyl sites for hydroxylation is 2. The third kappa shape index (κ3) is 2.98. The predicted octanol–water partition coefficient (Wildman–Crippen LogP) is 3.52. The maximum Gasteiger partial charge on any atom is 0.0384 e. The smallest absolute Gasteiger partial charge is 0.0384 e. The molecule has 2 aromatic heterocycles. The second-order valence-corrected chi connectivity index (χ2v) is 5.75. The van der Waals surface area contributed by atoms with Gasteiger partial charge in [0.25, 0.3) is 0 Å². The Balaban J connectivity index is 2.17. The Morgan fingerprint density at radius 2 is 2.06 bits per heavy atom. The van der Waals surface area contributed by atoms with Gasteiger partial charge in [-0.25, -0.2) is 0 Å². The van der Waals surface area contributed by atoms with Crippen LogP contribution in [0.4, 0.5) is 0 Å². The molecular formula is C15H20N2S. The molecule has 1 N–H and O–H groups in total. The highest BCUT2D eigenvalue weighted by molar-refractivity contribution is 7.11. The summed E-state index contributed by atoms with van der Waals surface area (Å²) in [6, 6.07) is 6.91. The van der Waals surface area contributed by atoms with Crippen LogP contribution in [0.15, 0.2) is 30.6 Å². The number of rotatable bonds is 5. The minimum atomic E-state index is 0.349. The summed E-state index contributed by atoms with van der Waals surface area (Å²) in [7, 11) is 2.02. The molecule has 0 spiro atoms. The van der Waals surface area contributed by atoms with E-state index in [9.17, 15) is 0 Å². The maximum atomic E-state index is 4.24. The van der Waals surface area contributed by atoms with E-state index in [1.54, 1.807) is 0 Å². The summed E-state index contributed by atoms with van der Waals surface area (Å²) in [6.45, 7) is 4.35. The fraction of sp³-hybridized carbons (Fsp3) is 0.400. The highest BCUT2D eigenvalue weighted by atomic mass is 32.1. The molecule has 0 saturated heterocycles. The Hall–Kier alpha value is -1.19. The fourth-order valence-corrected chi connectivity index (χ4v) is 3.14. The van der Waals surface area contributed by atoms with Gasteiger partial charge in [0, 0.05) is 34.6 Å². The minimum Gasteiger partial charge on any atom is -0.313 e. The summed E-state index contributed by atoms with van der Waals surface area (Å²) in [5, 5.41) is 3.40. The molecule has 0 aliphatic carbocycles. The first-order chi connectivity index (χ1) is 8.74.